The average Bonchev–Trinajstić information content (AvgIpc) is 2.16. The highest BCUT2D eigenvalue weighted by atomic mass is 80.0. The SMILES string of the molecule is COc1ccc(C(S(=O)[O-])C(Br)(Br)Br)cc1. The van der Waals surface area contributed by atoms with Gasteiger partial charge in [0.1, 0.15) is 5.75 Å². The van der Waals surface area contributed by atoms with Crippen LogP contribution in [-0.2, 0) is 11.1 Å². The van der Waals surface area contributed by atoms with Gasteiger partial charge in [-0.25, -0.2) is 0 Å². The number of methoxy groups -OCH3 is 1. The zero-order valence-corrected chi connectivity index (χ0v) is 13.7. The number of halogens is 3. The minimum Gasteiger partial charge on any atom is -0.772 e. The van der Waals surface area contributed by atoms with E-state index >= 15 is 0 Å². The van der Waals surface area contributed by atoms with Crippen LogP contribution in [0.25, 0.3) is 0 Å². The van der Waals surface area contributed by atoms with Crippen LogP contribution >= 0.6 is 47.8 Å². The Bertz CT molecular complexity index is 375. The summed E-state index contributed by atoms with van der Waals surface area (Å²) in [6.07, 6.45) is 0. The summed E-state index contributed by atoms with van der Waals surface area (Å²) in [5.74, 6) is 0.684. The van der Waals surface area contributed by atoms with Crippen LogP contribution in [0, 0.1) is 0 Å². The third-order valence-corrected chi connectivity index (χ3v) is 5.20. The molecule has 3 nitrogen and oxygen atoms in total. The van der Waals surface area contributed by atoms with E-state index in [9.17, 15) is 8.76 Å². The Balaban J connectivity index is 3.07. The molecular weight excluding hydrogens is 428 g/mol. The van der Waals surface area contributed by atoms with Crippen molar-refractivity contribution >= 4 is 58.9 Å². The summed E-state index contributed by atoms with van der Waals surface area (Å²) in [4.78, 5) is 0. The molecule has 16 heavy (non-hydrogen) atoms. The first-order valence-electron chi connectivity index (χ1n) is 4.15. The molecule has 2 atom stereocenters. The van der Waals surface area contributed by atoms with E-state index in [4.69, 9.17) is 4.74 Å². The highest BCUT2D eigenvalue weighted by molar-refractivity contribution is 9.39. The maximum Gasteiger partial charge on any atom is 0.152 e. The van der Waals surface area contributed by atoms with E-state index in [1.54, 1.807) is 31.4 Å². The molecule has 0 aliphatic heterocycles. The average molecular weight is 436 g/mol. The van der Waals surface area contributed by atoms with Gasteiger partial charge in [0.25, 0.3) is 0 Å². The molecule has 0 spiro atoms. The lowest BCUT2D eigenvalue weighted by Gasteiger charge is -2.28. The van der Waals surface area contributed by atoms with E-state index in [0.717, 1.165) is 0 Å². The molecule has 2 unspecified atom stereocenters. The van der Waals surface area contributed by atoms with Crippen molar-refractivity contribution in [2.24, 2.45) is 0 Å². The van der Waals surface area contributed by atoms with Gasteiger partial charge in [-0.2, -0.15) is 0 Å². The number of hydrogen-bond acceptors (Lipinski definition) is 3. The molecule has 0 aliphatic carbocycles. The van der Waals surface area contributed by atoms with Crippen LogP contribution in [0.15, 0.2) is 24.3 Å². The van der Waals surface area contributed by atoms with Gasteiger partial charge in [0.2, 0.25) is 0 Å². The fourth-order valence-corrected chi connectivity index (χ4v) is 3.95. The van der Waals surface area contributed by atoms with Crippen molar-refractivity contribution in [3.8, 4) is 5.75 Å². The van der Waals surface area contributed by atoms with E-state index in [2.05, 4.69) is 47.8 Å². The lowest BCUT2D eigenvalue weighted by Crippen LogP contribution is -2.20. The van der Waals surface area contributed by atoms with Crippen molar-refractivity contribution in [1.82, 2.24) is 0 Å². The topological polar surface area (TPSA) is 49.4 Å². The fourth-order valence-electron chi connectivity index (χ4n) is 1.19. The lowest BCUT2D eigenvalue weighted by molar-refractivity contribution is 0.414. The normalized spacial score (nSPS) is 15.6. The summed E-state index contributed by atoms with van der Waals surface area (Å²) >= 11 is 7.42. The molecule has 0 heterocycles. The second-order valence-electron chi connectivity index (χ2n) is 2.96. The van der Waals surface area contributed by atoms with Gasteiger partial charge in [-0.3, -0.25) is 4.21 Å². The highest BCUT2D eigenvalue weighted by Gasteiger charge is 2.33. The Kier molecular flexibility index (Phi) is 5.44. The summed E-state index contributed by atoms with van der Waals surface area (Å²) in [6, 6.07) is 6.84. The third kappa shape index (κ3) is 3.80. The van der Waals surface area contributed by atoms with Gasteiger partial charge in [0.15, 0.2) is 2.14 Å². The van der Waals surface area contributed by atoms with Gasteiger partial charge in [-0.15, -0.1) is 0 Å². The van der Waals surface area contributed by atoms with Crippen molar-refractivity contribution in [3.05, 3.63) is 29.8 Å². The van der Waals surface area contributed by atoms with E-state index in [1.165, 1.54) is 0 Å². The molecule has 0 aliphatic rings. The number of rotatable bonds is 3. The first-order chi connectivity index (χ1) is 7.36. The minimum atomic E-state index is -2.26. The van der Waals surface area contributed by atoms with Gasteiger partial charge < -0.3 is 9.29 Å². The van der Waals surface area contributed by atoms with Crippen LogP contribution in [0.5, 0.6) is 5.75 Å². The summed E-state index contributed by atoms with van der Waals surface area (Å²) < 4.78 is 26.5. The van der Waals surface area contributed by atoms with Crippen LogP contribution < -0.4 is 4.74 Å². The van der Waals surface area contributed by atoms with Crippen LogP contribution in [-0.4, -0.2) is 18.0 Å². The largest absolute Gasteiger partial charge is 0.772 e. The molecule has 7 heteroatoms. The van der Waals surface area contributed by atoms with E-state index in [1.807, 2.05) is 0 Å². The molecule has 0 fully saturated rings. The Morgan fingerprint density at radius 3 is 2.12 bits per heavy atom. The van der Waals surface area contributed by atoms with Gasteiger partial charge in [-0.05, 0) is 28.8 Å². The molecule has 0 aromatic heterocycles. The minimum absolute atomic E-state index is 0.653. The molecule has 90 valence electrons. The first kappa shape index (κ1) is 14.6. The highest BCUT2D eigenvalue weighted by Crippen LogP contribution is 2.48. The van der Waals surface area contributed by atoms with Gasteiger partial charge in [0, 0.05) is 0 Å². The first-order valence-corrected chi connectivity index (χ1v) is 7.66. The zero-order valence-electron chi connectivity index (χ0n) is 8.15. The van der Waals surface area contributed by atoms with Crippen molar-refractivity contribution < 1.29 is 13.5 Å². The van der Waals surface area contributed by atoms with Crippen molar-refractivity contribution in [2.45, 2.75) is 7.39 Å². The quantitative estimate of drug-likeness (QED) is 0.539. The summed E-state index contributed by atoms with van der Waals surface area (Å²) in [5, 5.41) is -0.751. The number of hydrogen-bond donors (Lipinski definition) is 0. The molecule has 0 radical (unpaired) electrons. The molecular formula is C9H8Br3O3S-. The fraction of sp³-hybridized carbons (Fsp3) is 0.333. The standard InChI is InChI=1S/C9H9Br3O3S/c1-15-7-4-2-6(3-5-7)8(16(13)14)9(10,11)12/h2-5,8H,1H3,(H,13,14)/p-1. The predicted octanol–water partition coefficient (Wildman–Crippen LogP) is 3.45. The Morgan fingerprint density at radius 2 is 1.81 bits per heavy atom. The van der Waals surface area contributed by atoms with Crippen molar-refractivity contribution in [2.75, 3.05) is 7.11 Å². The second kappa shape index (κ2) is 5.95. The van der Waals surface area contributed by atoms with Crippen molar-refractivity contribution in [1.29, 1.82) is 0 Å². The van der Waals surface area contributed by atoms with E-state index < -0.39 is 18.5 Å². The van der Waals surface area contributed by atoms with Crippen LogP contribution in [0.4, 0.5) is 0 Å². The predicted molar refractivity (Wildman–Crippen MR) is 74.2 cm³/mol. The Labute approximate surface area is 122 Å². The zero-order chi connectivity index (χ0) is 12.3. The number of alkyl halides is 3. The third-order valence-electron chi connectivity index (χ3n) is 1.91. The van der Waals surface area contributed by atoms with E-state index in [-0.39, 0.29) is 0 Å². The van der Waals surface area contributed by atoms with Gasteiger partial charge >= 0.3 is 0 Å². The van der Waals surface area contributed by atoms with Gasteiger partial charge in [-0.1, -0.05) is 59.9 Å². The van der Waals surface area contributed by atoms with E-state index in [0.29, 0.717) is 11.3 Å². The molecule has 0 N–H and O–H groups in total. The van der Waals surface area contributed by atoms with Crippen LogP contribution in [0.1, 0.15) is 10.8 Å². The Morgan fingerprint density at radius 1 is 1.31 bits per heavy atom. The molecule has 0 saturated carbocycles. The smallest absolute Gasteiger partial charge is 0.152 e. The molecule has 1 aromatic rings. The van der Waals surface area contributed by atoms with Crippen molar-refractivity contribution in [3.63, 3.8) is 0 Å². The Hall–Kier alpha value is 0.570. The molecule has 0 bridgehead atoms. The number of benzene rings is 1. The van der Waals surface area contributed by atoms with Crippen LogP contribution in [0.2, 0.25) is 0 Å². The van der Waals surface area contributed by atoms with Gasteiger partial charge in [0.05, 0.1) is 12.4 Å². The molecule has 0 amide bonds. The number of ether oxygens (including phenoxy) is 1. The summed E-state index contributed by atoms with van der Waals surface area (Å²) in [6.45, 7) is 0. The van der Waals surface area contributed by atoms with Crippen LogP contribution in [0.3, 0.4) is 0 Å². The summed E-state index contributed by atoms with van der Waals surface area (Å²) in [7, 11) is 1.56. The summed E-state index contributed by atoms with van der Waals surface area (Å²) in [5.41, 5.74) is 0.653. The molecule has 1 aromatic carbocycles. The maximum atomic E-state index is 11.2. The monoisotopic (exact) mass is 433 g/mol. The maximum absolute atomic E-state index is 11.2. The molecule has 1 rings (SSSR count). The molecule has 0 saturated heterocycles. The lowest BCUT2D eigenvalue weighted by atomic mass is 10.1. The second-order valence-corrected chi connectivity index (χ2v) is 10.9.